The Morgan fingerprint density at radius 2 is 1.85 bits per heavy atom. The average Bonchev–Trinajstić information content (AvgIpc) is 3.19. The minimum Gasteiger partial charge on any atom is -0.368 e. The molecule has 0 bridgehead atoms. The molecule has 4 aromatic rings. The average molecular weight is 362 g/mol. The van der Waals surface area contributed by atoms with Crippen molar-refractivity contribution in [1.29, 1.82) is 0 Å². The molecular formula is C20H22N6O. The van der Waals surface area contributed by atoms with E-state index in [1.165, 1.54) is 5.56 Å². The van der Waals surface area contributed by atoms with Gasteiger partial charge in [-0.2, -0.15) is 0 Å². The summed E-state index contributed by atoms with van der Waals surface area (Å²) < 4.78 is 3.89. The summed E-state index contributed by atoms with van der Waals surface area (Å²) >= 11 is 0. The fourth-order valence-corrected chi connectivity index (χ4v) is 3.57. The van der Waals surface area contributed by atoms with Gasteiger partial charge in [0.15, 0.2) is 0 Å². The monoisotopic (exact) mass is 362 g/mol. The first-order valence-corrected chi connectivity index (χ1v) is 8.99. The Balaban J connectivity index is 1.49. The fraction of sp³-hybridized carbons (Fsp3) is 0.250. The number of para-hydroxylation sites is 2. The van der Waals surface area contributed by atoms with E-state index >= 15 is 0 Å². The molecule has 27 heavy (non-hydrogen) atoms. The highest BCUT2D eigenvalue weighted by Crippen LogP contribution is 2.25. The predicted molar refractivity (Wildman–Crippen MR) is 105 cm³/mol. The smallest absolute Gasteiger partial charge is 0.237 e. The lowest BCUT2D eigenvalue weighted by Crippen LogP contribution is -2.21. The molecule has 2 aromatic carbocycles. The fourth-order valence-electron chi connectivity index (χ4n) is 3.57. The number of hydrogen-bond donors (Lipinski definition) is 2. The third-order valence-corrected chi connectivity index (χ3v) is 4.90. The number of amides is 1. The zero-order valence-corrected chi connectivity index (χ0v) is 15.2. The number of aromatic nitrogens is 4. The largest absolute Gasteiger partial charge is 0.368 e. The Hall–Kier alpha value is -3.19. The molecule has 7 nitrogen and oxygen atoms in total. The first kappa shape index (κ1) is 17.2. The summed E-state index contributed by atoms with van der Waals surface area (Å²) in [6, 6.07) is 16.0. The number of fused-ring (bicyclic) bond motifs is 2. The van der Waals surface area contributed by atoms with Crippen LogP contribution in [0.4, 0.5) is 0 Å². The summed E-state index contributed by atoms with van der Waals surface area (Å²) in [7, 11) is 0. The summed E-state index contributed by atoms with van der Waals surface area (Å²) in [4.78, 5) is 11.4. The topological polar surface area (TPSA) is 90.8 Å². The number of nitrogens with zero attached hydrogens (tertiary/aromatic N) is 4. The van der Waals surface area contributed by atoms with Crippen molar-refractivity contribution in [3.05, 3.63) is 59.8 Å². The molecule has 2 aromatic heterocycles. The Bertz CT molecular complexity index is 1110. The second kappa shape index (κ2) is 7.20. The van der Waals surface area contributed by atoms with E-state index in [1.807, 2.05) is 58.6 Å². The molecular weight excluding hydrogens is 340 g/mol. The van der Waals surface area contributed by atoms with Gasteiger partial charge in [-0.25, -0.2) is 4.68 Å². The minimum atomic E-state index is -0.337. The number of nitrogens with one attached hydrogen (secondary N) is 1. The van der Waals surface area contributed by atoms with E-state index in [0.717, 1.165) is 40.7 Å². The van der Waals surface area contributed by atoms with Crippen molar-refractivity contribution in [2.24, 2.45) is 5.73 Å². The lowest BCUT2D eigenvalue weighted by molar-refractivity contribution is -0.118. The van der Waals surface area contributed by atoms with Crippen LogP contribution in [-0.4, -0.2) is 32.0 Å². The summed E-state index contributed by atoms with van der Waals surface area (Å²) in [6.45, 7) is 4.44. The molecule has 3 N–H and O–H groups in total. The van der Waals surface area contributed by atoms with Crippen LogP contribution in [0, 0.1) is 6.92 Å². The number of hydrogen-bond acceptors (Lipinski definition) is 4. The molecule has 0 atom stereocenters. The molecule has 0 fully saturated rings. The van der Waals surface area contributed by atoms with Crippen LogP contribution in [-0.2, 0) is 24.4 Å². The van der Waals surface area contributed by atoms with Gasteiger partial charge in [0.2, 0.25) is 5.91 Å². The summed E-state index contributed by atoms with van der Waals surface area (Å²) in [5, 5.41) is 13.0. The lowest BCUT2D eigenvalue weighted by Gasteiger charge is -2.08. The van der Waals surface area contributed by atoms with Crippen LogP contribution in [0.5, 0.6) is 0 Å². The van der Waals surface area contributed by atoms with Crippen molar-refractivity contribution in [3.63, 3.8) is 0 Å². The number of rotatable bonds is 7. The van der Waals surface area contributed by atoms with Gasteiger partial charge in [-0.1, -0.05) is 35.5 Å². The highest BCUT2D eigenvalue weighted by molar-refractivity contribution is 5.87. The van der Waals surface area contributed by atoms with Crippen molar-refractivity contribution in [1.82, 2.24) is 24.9 Å². The van der Waals surface area contributed by atoms with Gasteiger partial charge in [0.1, 0.15) is 12.1 Å². The first-order chi connectivity index (χ1) is 13.1. The van der Waals surface area contributed by atoms with E-state index in [4.69, 9.17) is 5.73 Å². The zero-order chi connectivity index (χ0) is 18.8. The van der Waals surface area contributed by atoms with E-state index in [1.54, 1.807) is 0 Å². The molecule has 0 aliphatic rings. The van der Waals surface area contributed by atoms with Gasteiger partial charge in [-0.05, 0) is 30.7 Å². The third kappa shape index (κ3) is 3.29. The Labute approximate surface area is 156 Å². The zero-order valence-electron chi connectivity index (χ0n) is 15.2. The van der Waals surface area contributed by atoms with Gasteiger partial charge in [-0.15, -0.1) is 5.10 Å². The molecule has 4 rings (SSSR count). The molecule has 2 heterocycles. The van der Waals surface area contributed by atoms with Crippen molar-refractivity contribution >= 4 is 27.8 Å². The van der Waals surface area contributed by atoms with Crippen molar-refractivity contribution < 1.29 is 4.79 Å². The molecule has 0 saturated carbocycles. The van der Waals surface area contributed by atoms with E-state index in [-0.39, 0.29) is 12.5 Å². The highest BCUT2D eigenvalue weighted by atomic mass is 16.1. The number of nitrogens with two attached hydrogens (primary N) is 1. The predicted octanol–water partition coefficient (Wildman–Crippen LogP) is 1.97. The van der Waals surface area contributed by atoms with Crippen molar-refractivity contribution in [3.8, 4) is 0 Å². The van der Waals surface area contributed by atoms with Crippen LogP contribution in [0.2, 0.25) is 0 Å². The normalized spacial score (nSPS) is 11.4. The number of carbonyl (C=O) groups excluding carboxylic acids is 1. The van der Waals surface area contributed by atoms with Crippen LogP contribution < -0.4 is 11.1 Å². The van der Waals surface area contributed by atoms with Gasteiger partial charge in [0, 0.05) is 29.7 Å². The molecule has 7 heteroatoms. The molecule has 0 aliphatic heterocycles. The van der Waals surface area contributed by atoms with E-state index in [2.05, 4.69) is 21.7 Å². The molecule has 138 valence electrons. The number of primary amides is 1. The van der Waals surface area contributed by atoms with Gasteiger partial charge in [0.05, 0.1) is 12.1 Å². The lowest BCUT2D eigenvalue weighted by atomic mass is 10.1. The van der Waals surface area contributed by atoms with E-state index < -0.39 is 0 Å². The second-order valence-electron chi connectivity index (χ2n) is 6.61. The molecule has 0 radical (unpaired) electrons. The van der Waals surface area contributed by atoms with E-state index in [0.29, 0.717) is 6.54 Å². The summed E-state index contributed by atoms with van der Waals surface area (Å²) in [6.07, 6.45) is 0. The molecule has 1 amide bonds. The van der Waals surface area contributed by atoms with Gasteiger partial charge >= 0.3 is 0 Å². The Morgan fingerprint density at radius 1 is 1.11 bits per heavy atom. The highest BCUT2D eigenvalue weighted by Gasteiger charge is 2.14. The third-order valence-electron chi connectivity index (χ3n) is 4.90. The SMILES string of the molecule is Cc1c(CNCCn2nnc3ccccc32)c2ccccc2n1CC(N)=O. The van der Waals surface area contributed by atoms with E-state index in [9.17, 15) is 4.79 Å². The van der Waals surface area contributed by atoms with Crippen molar-refractivity contribution in [2.45, 2.75) is 26.6 Å². The van der Waals surface area contributed by atoms with Gasteiger partial charge in [-0.3, -0.25) is 4.79 Å². The van der Waals surface area contributed by atoms with Gasteiger partial charge < -0.3 is 15.6 Å². The maximum atomic E-state index is 11.4. The molecule has 0 saturated heterocycles. The van der Waals surface area contributed by atoms with Crippen LogP contribution in [0.15, 0.2) is 48.5 Å². The van der Waals surface area contributed by atoms with Crippen LogP contribution in [0.25, 0.3) is 21.9 Å². The van der Waals surface area contributed by atoms with Gasteiger partial charge in [0.25, 0.3) is 0 Å². The minimum absolute atomic E-state index is 0.192. The summed E-state index contributed by atoms with van der Waals surface area (Å²) in [5.74, 6) is -0.337. The number of benzene rings is 2. The summed E-state index contributed by atoms with van der Waals surface area (Å²) in [5.41, 5.74) is 10.7. The first-order valence-electron chi connectivity index (χ1n) is 8.99. The van der Waals surface area contributed by atoms with Crippen molar-refractivity contribution in [2.75, 3.05) is 6.54 Å². The Morgan fingerprint density at radius 3 is 2.67 bits per heavy atom. The maximum Gasteiger partial charge on any atom is 0.237 e. The maximum absolute atomic E-state index is 11.4. The standard InChI is InChI=1S/C20H22N6O/c1-14-16(15-6-2-4-8-18(15)25(14)13-20(21)27)12-22-10-11-26-19-9-5-3-7-17(19)23-24-26/h2-9,22H,10-13H2,1H3,(H2,21,27). The molecule has 0 aliphatic carbocycles. The molecule has 0 unspecified atom stereocenters. The Kier molecular flexibility index (Phi) is 4.60. The molecule has 0 spiro atoms. The van der Waals surface area contributed by atoms with Crippen LogP contribution in [0.1, 0.15) is 11.3 Å². The van der Waals surface area contributed by atoms with Crippen LogP contribution >= 0.6 is 0 Å². The number of carbonyl (C=O) groups is 1. The second-order valence-corrected chi connectivity index (χ2v) is 6.61. The van der Waals surface area contributed by atoms with Crippen LogP contribution in [0.3, 0.4) is 0 Å². The quantitative estimate of drug-likeness (QED) is 0.492.